The van der Waals surface area contributed by atoms with Crippen LogP contribution in [0.5, 0.6) is 11.5 Å². The van der Waals surface area contributed by atoms with Gasteiger partial charge in [-0.05, 0) is 48.0 Å². The summed E-state index contributed by atoms with van der Waals surface area (Å²) in [4.78, 5) is 31.7. The number of anilines is 1. The first-order valence-corrected chi connectivity index (χ1v) is 10.3. The van der Waals surface area contributed by atoms with Crippen LogP contribution in [0, 0.1) is 0 Å². The lowest BCUT2D eigenvalue weighted by molar-refractivity contribution is -0.132. The Morgan fingerprint density at radius 1 is 1.00 bits per heavy atom. The molecule has 2 aliphatic rings. The van der Waals surface area contributed by atoms with Gasteiger partial charge in [0.1, 0.15) is 24.8 Å². The molecule has 0 aliphatic carbocycles. The van der Waals surface area contributed by atoms with Gasteiger partial charge in [0, 0.05) is 16.8 Å². The van der Waals surface area contributed by atoms with Gasteiger partial charge in [-0.25, -0.2) is 4.98 Å². The van der Waals surface area contributed by atoms with Gasteiger partial charge in [0.2, 0.25) is 0 Å². The highest BCUT2D eigenvalue weighted by Crippen LogP contribution is 2.42. The molecule has 0 saturated carbocycles. The van der Waals surface area contributed by atoms with Crippen molar-refractivity contribution >= 4 is 34.9 Å². The summed E-state index contributed by atoms with van der Waals surface area (Å²) in [6.45, 7) is 0.816. The largest absolute Gasteiger partial charge is 0.507 e. The van der Waals surface area contributed by atoms with Crippen molar-refractivity contribution in [2.75, 3.05) is 18.1 Å². The molecule has 2 aliphatic heterocycles. The second-order valence-electron chi connectivity index (χ2n) is 7.27. The van der Waals surface area contributed by atoms with Gasteiger partial charge in [-0.1, -0.05) is 29.8 Å². The summed E-state index contributed by atoms with van der Waals surface area (Å²) in [5.74, 6) is -0.571. The Morgan fingerprint density at radius 2 is 1.75 bits per heavy atom. The SMILES string of the molecule is O=C1C(=O)N(c2ccccn2)C(c2ccc(Cl)cc2)/C1=C(\O)c1ccc2c(c1)OCCO2. The van der Waals surface area contributed by atoms with Gasteiger partial charge >= 0.3 is 5.91 Å². The molecule has 0 spiro atoms. The van der Waals surface area contributed by atoms with E-state index in [4.69, 9.17) is 21.1 Å². The number of aliphatic hydroxyl groups is 1. The smallest absolute Gasteiger partial charge is 0.301 e. The summed E-state index contributed by atoms with van der Waals surface area (Å²) in [5, 5.41) is 11.7. The molecule has 0 bridgehead atoms. The van der Waals surface area contributed by atoms with E-state index < -0.39 is 17.7 Å². The van der Waals surface area contributed by atoms with Crippen LogP contribution in [-0.4, -0.2) is 35.0 Å². The lowest BCUT2D eigenvalue weighted by Gasteiger charge is -2.24. The third-order valence-electron chi connectivity index (χ3n) is 5.34. The summed E-state index contributed by atoms with van der Waals surface area (Å²) < 4.78 is 11.1. The minimum absolute atomic E-state index is 0.0420. The number of halogens is 1. The van der Waals surface area contributed by atoms with Crippen LogP contribution in [0.15, 0.2) is 72.4 Å². The van der Waals surface area contributed by atoms with Crippen LogP contribution >= 0.6 is 11.6 Å². The van der Waals surface area contributed by atoms with Gasteiger partial charge in [0.25, 0.3) is 5.78 Å². The molecule has 1 aromatic heterocycles. The van der Waals surface area contributed by atoms with E-state index in [2.05, 4.69) is 4.98 Å². The quantitative estimate of drug-likeness (QED) is 0.368. The fourth-order valence-corrected chi connectivity index (χ4v) is 4.00. The Labute approximate surface area is 188 Å². The van der Waals surface area contributed by atoms with Crippen molar-refractivity contribution in [3.8, 4) is 11.5 Å². The fourth-order valence-electron chi connectivity index (χ4n) is 3.87. The van der Waals surface area contributed by atoms with Crippen molar-refractivity contribution in [1.29, 1.82) is 0 Å². The number of aliphatic hydroxyl groups excluding tert-OH is 1. The van der Waals surface area contributed by atoms with E-state index in [-0.39, 0.29) is 11.3 Å². The van der Waals surface area contributed by atoms with Gasteiger partial charge in [-0.2, -0.15) is 0 Å². The second-order valence-corrected chi connectivity index (χ2v) is 7.70. The van der Waals surface area contributed by atoms with Crippen LogP contribution in [0.2, 0.25) is 5.02 Å². The number of hydrogen-bond donors (Lipinski definition) is 1. The fraction of sp³-hybridized carbons (Fsp3) is 0.125. The van der Waals surface area contributed by atoms with E-state index in [1.807, 2.05) is 0 Å². The maximum absolute atomic E-state index is 13.1. The topological polar surface area (TPSA) is 89.0 Å². The van der Waals surface area contributed by atoms with Crippen LogP contribution in [0.4, 0.5) is 5.82 Å². The maximum atomic E-state index is 13.1. The number of benzene rings is 2. The van der Waals surface area contributed by atoms with Crippen LogP contribution in [0.25, 0.3) is 5.76 Å². The lowest BCUT2D eigenvalue weighted by Crippen LogP contribution is -2.30. The van der Waals surface area contributed by atoms with Gasteiger partial charge in [-0.3, -0.25) is 14.5 Å². The average molecular weight is 449 g/mol. The molecular formula is C24H17ClN2O5. The van der Waals surface area contributed by atoms with E-state index >= 15 is 0 Å². The second kappa shape index (κ2) is 8.01. The first kappa shape index (κ1) is 20.1. The molecule has 7 nitrogen and oxygen atoms in total. The number of pyridine rings is 1. The monoisotopic (exact) mass is 448 g/mol. The Hall–Kier alpha value is -3.84. The molecule has 3 aromatic rings. The summed E-state index contributed by atoms with van der Waals surface area (Å²) in [7, 11) is 0. The Balaban J connectivity index is 1.69. The van der Waals surface area contributed by atoms with Gasteiger partial charge in [-0.15, -0.1) is 0 Å². The average Bonchev–Trinajstić information content (AvgIpc) is 3.09. The number of aromatic nitrogens is 1. The zero-order chi connectivity index (χ0) is 22.2. The Kier molecular flexibility index (Phi) is 5.03. The van der Waals surface area contributed by atoms with E-state index in [9.17, 15) is 14.7 Å². The summed E-state index contributed by atoms with van der Waals surface area (Å²) in [6, 6.07) is 15.8. The van der Waals surface area contributed by atoms with Crippen LogP contribution in [-0.2, 0) is 9.59 Å². The lowest BCUT2D eigenvalue weighted by atomic mass is 9.95. The molecular weight excluding hydrogens is 432 g/mol. The van der Waals surface area contributed by atoms with E-state index in [0.29, 0.717) is 46.7 Å². The number of nitrogens with zero attached hydrogens (tertiary/aromatic N) is 2. The molecule has 2 aromatic carbocycles. The van der Waals surface area contributed by atoms with E-state index in [1.54, 1.807) is 60.7 Å². The van der Waals surface area contributed by atoms with Gasteiger partial charge in [0.05, 0.1) is 11.6 Å². The predicted octanol–water partition coefficient (Wildman–Crippen LogP) is 4.13. The van der Waals surface area contributed by atoms with Gasteiger partial charge in [0.15, 0.2) is 11.5 Å². The summed E-state index contributed by atoms with van der Waals surface area (Å²) in [5.41, 5.74) is 0.908. The number of ether oxygens (including phenoxy) is 2. The van der Waals surface area contributed by atoms with Crippen molar-refractivity contribution in [3.63, 3.8) is 0 Å². The minimum Gasteiger partial charge on any atom is -0.507 e. The number of Topliss-reactive ketones (excluding diaryl/α,β-unsaturated/α-hetero) is 1. The molecule has 1 amide bonds. The highest BCUT2D eigenvalue weighted by atomic mass is 35.5. The van der Waals surface area contributed by atoms with Crippen molar-refractivity contribution in [1.82, 2.24) is 4.98 Å². The molecule has 1 N–H and O–H groups in total. The van der Waals surface area contributed by atoms with Crippen LogP contribution in [0.1, 0.15) is 17.2 Å². The Morgan fingerprint density at radius 3 is 2.47 bits per heavy atom. The number of amides is 1. The number of hydrogen-bond acceptors (Lipinski definition) is 6. The summed E-state index contributed by atoms with van der Waals surface area (Å²) >= 11 is 6.04. The maximum Gasteiger partial charge on any atom is 0.301 e. The van der Waals surface area contributed by atoms with E-state index in [0.717, 1.165) is 0 Å². The number of ketones is 1. The molecule has 1 unspecified atom stereocenters. The van der Waals surface area contributed by atoms with Crippen LogP contribution in [0.3, 0.4) is 0 Å². The predicted molar refractivity (Wildman–Crippen MR) is 118 cm³/mol. The Bertz CT molecular complexity index is 1240. The first-order valence-electron chi connectivity index (χ1n) is 9.92. The zero-order valence-corrected chi connectivity index (χ0v) is 17.5. The number of carbonyl (C=O) groups is 2. The van der Waals surface area contributed by atoms with E-state index in [1.165, 1.54) is 11.1 Å². The molecule has 8 heteroatoms. The van der Waals surface area contributed by atoms with Crippen molar-refractivity contribution in [2.24, 2.45) is 0 Å². The molecule has 1 fully saturated rings. The third-order valence-corrected chi connectivity index (χ3v) is 5.59. The molecule has 5 rings (SSSR count). The molecule has 1 saturated heterocycles. The zero-order valence-electron chi connectivity index (χ0n) is 16.7. The normalized spacial score (nSPS) is 19.3. The van der Waals surface area contributed by atoms with Crippen molar-refractivity contribution < 1.29 is 24.2 Å². The van der Waals surface area contributed by atoms with Crippen molar-refractivity contribution in [2.45, 2.75) is 6.04 Å². The van der Waals surface area contributed by atoms with Crippen LogP contribution < -0.4 is 14.4 Å². The summed E-state index contributed by atoms with van der Waals surface area (Å²) in [6.07, 6.45) is 1.54. The highest BCUT2D eigenvalue weighted by molar-refractivity contribution is 6.51. The molecule has 32 heavy (non-hydrogen) atoms. The van der Waals surface area contributed by atoms with Crippen molar-refractivity contribution in [3.05, 3.63) is 88.6 Å². The number of carbonyl (C=O) groups excluding carboxylic acids is 2. The molecule has 160 valence electrons. The molecule has 0 radical (unpaired) electrons. The molecule has 3 heterocycles. The first-order chi connectivity index (χ1) is 15.5. The molecule has 1 atom stereocenters. The standard InChI is InChI=1S/C24H17ClN2O5/c25-16-7-4-14(5-8-16)21-20(23(29)24(30)27(21)19-3-1-2-10-26-19)22(28)15-6-9-17-18(13-15)32-12-11-31-17/h1-10,13,21,28H,11-12H2/b22-20+. The third kappa shape index (κ3) is 3.36. The number of fused-ring (bicyclic) bond motifs is 1. The van der Waals surface area contributed by atoms with Gasteiger partial charge < -0.3 is 14.6 Å². The minimum atomic E-state index is -0.879. The highest BCUT2D eigenvalue weighted by Gasteiger charge is 2.47. The number of rotatable bonds is 3.